The molecule has 2 heterocycles. The van der Waals surface area contributed by atoms with Gasteiger partial charge < -0.3 is 10.6 Å². The van der Waals surface area contributed by atoms with Crippen LogP contribution in [0.5, 0.6) is 0 Å². The predicted octanol–water partition coefficient (Wildman–Crippen LogP) is 5.58. The van der Waals surface area contributed by atoms with Crippen molar-refractivity contribution in [3.8, 4) is 17.3 Å². The lowest BCUT2D eigenvalue weighted by atomic mass is 10.1. The van der Waals surface area contributed by atoms with E-state index in [1.54, 1.807) is 30.5 Å². The monoisotopic (exact) mass is 492 g/mol. The Labute approximate surface area is 212 Å². The van der Waals surface area contributed by atoms with Crippen molar-refractivity contribution in [1.82, 2.24) is 19.7 Å². The van der Waals surface area contributed by atoms with E-state index in [0.717, 1.165) is 35.2 Å². The number of rotatable bonds is 6. The van der Waals surface area contributed by atoms with Crippen LogP contribution >= 0.6 is 11.6 Å². The highest BCUT2D eigenvalue weighted by atomic mass is 35.5. The standard InChI is InChI=1S/C28H21ClN6O/c29-22-13-19(7-10-21(22)28(36)33-20-8-9-20)25-16-32-27-26(31-15-17-4-2-1-3-5-17)34-23-12-18(14-30)6-11-24(23)35(25)27/h1-7,10-13,16,20H,8-9,15H2,(H,31,34)(H,33,36). The minimum atomic E-state index is -0.154. The second-order valence-electron chi connectivity index (χ2n) is 8.86. The zero-order valence-electron chi connectivity index (χ0n) is 19.2. The molecule has 0 atom stereocenters. The molecule has 0 bridgehead atoms. The van der Waals surface area contributed by atoms with Gasteiger partial charge in [0, 0.05) is 18.2 Å². The van der Waals surface area contributed by atoms with E-state index in [4.69, 9.17) is 16.6 Å². The molecule has 0 spiro atoms. The van der Waals surface area contributed by atoms with Crippen LogP contribution in [0.3, 0.4) is 0 Å². The first-order valence-corrected chi connectivity index (χ1v) is 12.1. The SMILES string of the molecule is N#Cc1ccc2c(c1)nc(NCc1ccccc1)c1ncc(-c3ccc(C(=O)NC4CC4)c(Cl)c3)n12. The summed E-state index contributed by atoms with van der Waals surface area (Å²) in [6, 6.07) is 23.3. The number of carbonyl (C=O) groups is 1. The highest BCUT2D eigenvalue weighted by Gasteiger charge is 2.25. The van der Waals surface area contributed by atoms with E-state index in [1.807, 2.05) is 46.9 Å². The van der Waals surface area contributed by atoms with Crippen molar-refractivity contribution >= 4 is 40.0 Å². The molecule has 1 saturated carbocycles. The van der Waals surface area contributed by atoms with Crippen molar-refractivity contribution in [1.29, 1.82) is 5.26 Å². The lowest BCUT2D eigenvalue weighted by molar-refractivity contribution is 0.0951. The average Bonchev–Trinajstić information content (AvgIpc) is 3.60. The quantitative estimate of drug-likeness (QED) is 0.322. The lowest BCUT2D eigenvalue weighted by Gasteiger charge is -2.12. The molecule has 176 valence electrons. The van der Waals surface area contributed by atoms with Crippen molar-refractivity contribution in [3.05, 3.63) is 94.6 Å². The number of hydrogen-bond donors (Lipinski definition) is 2. The molecular formula is C28H21ClN6O. The van der Waals surface area contributed by atoms with Crippen molar-refractivity contribution in [3.63, 3.8) is 0 Å². The summed E-state index contributed by atoms with van der Waals surface area (Å²) in [4.78, 5) is 22.0. The van der Waals surface area contributed by atoms with Crippen LogP contribution in [0.1, 0.15) is 34.3 Å². The van der Waals surface area contributed by atoms with Crippen LogP contribution in [-0.4, -0.2) is 26.3 Å². The van der Waals surface area contributed by atoms with Gasteiger partial charge in [-0.05, 0) is 48.7 Å². The topological polar surface area (TPSA) is 95.1 Å². The van der Waals surface area contributed by atoms with E-state index in [0.29, 0.717) is 39.7 Å². The third-order valence-electron chi connectivity index (χ3n) is 6.28. The number of aromatic nitrogens is 3. The molecule has 8 heteroatoms. The van der Waals surface area contributed by atoms with Gasteiger partial charge in [-0.3, -0.25) is 9.20 Å². The third kappa shape index (κ3) is 4.12. The average molecular weight is 493 g/mol. The molecule has 6 rings (SSSR count). The Kier molecular flexibility index (Phi) is 5.51. The van der Waals surface area contributed by atoms with Gasteiger partial charge in [0.1, 0.15) is 0 Å². The van der Waals surface area contributed by atoms with Crippen LogP contribution in [0.15, 0.2) is 72.9 Å². The molecule has 36 heavy (non-hydrogen) atoms. The summed E-state index contributed by atoms with van der Waals surface area (Å²) < 4.78 is 2.01. The summed E-state index contributed by atoms with van der Waals surface area (Å²) in [5, 5.41) is 16.2. The zero-order chi connectivity index (χ0) is 24.6. The smallest absolute Gasteiger partial charge is 0.253 e. The Morgan fingerprint density at radius 3 is 2.69 bits per heavy atom. The van der Waals surface area contributed by atoms with Gasteiger partial charge in [-0.1, -0.05) is 48.0 Å². The lowest BCUT2D eigenvalue weighted by Crippen LogP contribution is -2.25. The fourth-order valence-corrected chi connectivity index (χ4v) is 4.52. The Hall–Kier alpha value is -4.41. The van der Waals surface area contributed by atoms with Gasteiger partial charge in [0.25, 0.3) is 5.91 Å². The predicted molar refractivity (Wildman–Crippen MR) is 140 cm³/mol. The summed E-state index contributed by atoms with van der Waals surface area (Å²) in [6.45, 7) is 0.575. The highest BCUT2D eigenvalue weighted by Crippen LogP contribution is 2.32. The van der Waals surface area contributed by atoms with Crippen molar-refractivity contribution in [2.75, 3.05) is 5.32 Å². The number of benzene rings is 3. The zero-order valence-corrected chi connectivity index (χ0v) is 20.0. The minimum absolute atomic E-state index is 0.154. The van der Waals surface area contributed by atoms with Gasteiger partial charge in [0.2, 0.25) is 0 Å². The van der Waals surface area contributed by atoms with Gasteiger partial charge in [0.05, 0.1) is 45.1 Å². The van der Waals surface area contributed by atoms with Crippen molar-refractivity contribution in [2.45, 2.75) is 25.4 Å². The molecule has 0 aliphatic heterocycles. The number of amides is 1. The number of hydrogen-bond acceptors (Lipinski definition) is 5. The number of nitrogens with zero attached hydrogens (tertiary/aromatic N) is 4. The number of anilines is 1. The summed E-state index contributed by atoms with van der Waals surface area (Å²) in [7, 11) is 0. The fourth-order valence-electron chi connectivity index (χ4n) is 4.26. The molecule has 1 aliphatic rings. The number of imidazole rings is 1. The van der Waals surface area contributed by atoms with Gasteiger partial charge in [0.15, 0.2) is 11.5 Å². The van der Waals surface area contributed by atoms with E-state index < -0.39 is 0 Å². The van der Waals surface area contributed by atoms with E-state index in [-0.39, 0.29) is 11.9 Å². The Morgan fingerprint density at radius 1 is 1.11 bits per heavy atom. The molecule has 0 unspecified atom stereocenters. The second kappa shape index (κ2) is 8.99. The first-order valence-electron chi connectivity index (χ1n) is 11.7. The Balaban J connectivity index is 1.46. The van der Waals surface area contributed by atoms with Crippen molar-refractivity contribution in [2.24, 2.45) is 0 Å². The van der Waals surface area contributed by atoms with Crippen LogP contribution < -0.4 is 10.6 Å². The van der Waals surface area contributed by atoms with Crippen LogP contribution in [0.25, 0.3) is 27.9 Å². The molecule has 1 aliphatic carbocycles. The maximum atomic E-state index is 12.5. The van der Waals surface area contributed by atoms with Gasteiger partial charge >= 0.3 is 0 Å². The normalized spacial score (nSPS) is 13.0. The molecule has 3 aromatic carbocycles. The summed E-state index contributed by atoms with van der Waals surface area (Å²) in [6.07, 6.45) is 3.80. The van der Waals surface area contributed by atoms with E-state index in [1.165, 1.54) is 0 Å². The molecular weight excluding hydrogens is 472 g/mol. The maximum Gasteiger partial charge on any atom is 0.253 e. The van der Waals surface area contributed by atoms with Crippen LogP contribution in [0.2, 0.25) is 5.02 Å². The molecule has 2 aromatic heterocycles. The molecule has 1 amide bonds. The molecule has 0 radical (unpaired) electrons. The van der Waals surface area contributed by atoms with E-state index in [2.05, 4.69) is 21.7 Å². The first kappa shape index (κ1) is 22.1. The van der Waals surface area contributed by atoms with Gasteiger partial charge in [-0.25, -0.2) is 9.97 Å². The van der Waals surface area contributed by atoms with Gasteiger partial charge in [-0.15, -0.1) is 0 Å². The number of nitriles is 1. The summed E-state index contributed by atoms with van der Waals surface area (Å²) in [5.74, 6) is 0.456. The largest absolute Gasteiger partial charge is 0.363 e. The summed E-state index contributed by atoms with van der Waals surface area (Å²) >= 11 is 6.55. The molecule has 1 fully saturated rings. The molecule has 7 nitrogen and oxygen atoms in total. The Morgan fingerprint density at radius 2 is 1.94 bits per heavy atom. The number of halogens is 1. The molecule has 5 aromatic rings. The van der Waals surface area contributed by atoms with Crippen LogP contribution in [-0.2, 0) is 6.54 Å². The van der Waals surface area contributed by atoms with Gasteiger partial charge in [-0.2, -0.15) is 5.26 Å². The first-order chi connectivity index (χ1) is 17.6. The number of fused-ring (bicyclic) bond motifs is 3. The number of nitrogens with one attached hydrogen (secondary N) is 2. The highest BCUT2D eigenvalue weighted by molar-refractivity contribution is 6.34. The van der Waals surface area contributed by atoms with E-state index in [9.17, 15) is 10.1 Å². The van der Waals surface area contributed by atoms with E-state index >= 15 is 0 Å². The van der Waals surface area contributed by atoms with Crippen LogP contribution in [0, 0.1) is 11.3 Å². The minimum Gasteiger partial charge on any atom is -0.363 e. The molecule has 2 N–H and O–H groups in total. The molecule has 0 saturated heterocycles. The van der Waals surface area contributed by atoms with Crippen molar-refractivity contribution < 1.29 is 4.79 Å². The van der Waals surface area contributed by atoms with Crippen LogP contribution in [0.4, 0.5) is 5.82 Å². The fraction of sp³-hybridized carbons (Fsp3) is 0.143. The Bertz CT molecular complexity index is 1670. The maximum absolute atomic E-state index is 12.5. The third-order valence-corrected chi connectivity index (χ3v) is 6.59. The summed E-state index contributed by atoms with van der Waals surface area (Å²) in [5.41, 5.74) is 5.86. The second-order valence-corrected chi connectivity index (χ2v) is 9.27. The number of carbonyl (C=O) groups excluding carboxylic acids is 1.